The van der Waals surface area contributed by atoms with Crippen molar-refractivity contribution >= 4 is 34.8 Å². The van der Waals surface area contributed by atoms with Gasteiger partial charge in [0.1, 0.15) is 0 Å². The molecule has 0 atom stereocenters. The Balaban J connectivity index is 2.59. The van der Waals surface area contributed by atoms with Gasteiger partial charge in [0.2, 0.25) is 5.91 Å². The summed E-state index contributed by atoms with van der Waals surface area (Å²) in [6.07, 6.45) is 1.68. The normalized spacial score (nSPS) is 9.88. The van der Waals surface area contributed by atoms with Crippen molar-refractivity contribution in [3.05, 3.63) is 40.9 Å². The second kappa shape index (κ2) is 6.53. The smallest absolute Gasteiger partial charge is 0.238 e. The molecule has 86 valence electrons. The van der Waals surface area contributed by atoms with E-state index in [1.165, 1.54) is 0 Å². The van der Waals surface area contributed by atoms with Crippen LogP contribution >= 0.6 is 23.2 Å². The van der Waals surface area contributed by atoms with Crippen molar-refractivity contribution < 1.29 is 4.79 Å². The van der Waals surface area contributed by atoms with Gasteiger partial charge >= 0.3 is 0 Å². The van der Waals surface area contributed by atoms with Crippen molar-refractivity contribution in [1.82, 2.24) is 5.32 Å². The summed E-state index contributed by atoms with van der Waals surface area (Å²) >= 11 is 11.8. The van der Waals surface area contributed by atoms with Crippen LogP contribution in [0.1, 0.15) is 0 Å². The molecule has 0 aliphatic rings. The Morgan fingerprint density at radius 1 is 1.38 bits per heavy atom. The average Bonchev–Trinajstić information content (AvgIpc) is 2.24. The van der Waals surface area contributed by atoms with Gasteiger partial charge < -0.3 is 10.6 Å². The van der Waals surface area contributed by atoms with E-state index in [0.29, 0.717) is 22.3 Å². The zero-order valence-corrected chi connectivity index (χ0v) is 10.1. The van der Waals surface area contributed by atoms with E-state index in [2.05, 4.69) is 17.2 Å². The molecular weight excluding hydrogens is 247 g/mol. The fraction of sp³-hybridized carbons (Fsp3) is 0.182. The van der Waals surface area contributed by atoms with Crippen LogP contribution < -0.4 is 10.6 Å². The van der Waals surface area contributed by atoms with Crippen molar-refractivity contribution in [3.63, 3.8) is 0 Å². The van der Waals surface area contributed by atoms with Gasteiger partial charge in [0.25, 0.3) is 0 Å². The molecular formula is C11H12Cl2N2O. The first-order valence-electron chi connectivity index (χ1n) is 4.70. The lowest BCUT2D eigenvalue weighted by Crippen LogP contribution is -2.28. The summed E-state index contributed by atoms with van der Waals surface area (Å²) in [5, 5.41) is 6.36. The highest BCUT2D eigenvalue weighted by molar-refractivity contribution is 6.39. The molecule has 0 saturated heterocycles. The summed E-state index contributed by atoms with van der Waals surface area (Å²) in [6.45, 7) is 4.29. The third kappa shape index (κ3) is 3.85. The molecule has 0 spiro atoms. The highest BCUT2D eigenvalue weighted by Crippen LogP contribution is 2.29. The molecule has 0 fully saturated rings. The summed E-state index contributed by atoms with van der Waals surface area (Å²) in [4.78, 5) is 11.5. The van der Waals surface area contributed by atoms with Gasteiger partial charge in [-0.15, -0.1) is 6.58 Å². The van der Waals surface area contributed by atoms with Crippen LogP contribution in [0.15, 0.2) is 30.9 Å². The molecule has 1 amide bonds. The van der Waals surface area contributed by atoms with Crippen LogP contribution in [0.2, 0.25) is 10.0 Å². The molecule has 0 unspecified atom stereocenters. The van der Waals surface area contributed by atoms with Gasteiger partial charge in [-0.25, -0.2) is 0 Å². The number of para-hydroxylation sites is 1. The van der Waals surface area contributed by atoms with E-state index < -0.39 is 0 Å². The van der Waals surface area contributed by atoms with Crippen LogP contribution in [0.5, 0.6) is 0 Å². The summed E-state index contributed by atoms with van der Waals surface area (Å²) in [7, 11) is 0. The van der Waals surface area contributed by atoms with E-state index >= 15 is 0 Å². The third-order valence-electron chi connectivity index (χ3n) is 1.80. The van der Waals surface area contributed by atoms with Crippen molar-refractivity contribution in [2.45, 2.75) is 0 Å². The Morgan fingerprint density at radius 3 is 2.56 bits per heavy atom. The van der Waals surface area contributed by atoms with Gasteiger partial charge in [-0.05, 0) is 12.1 Å². The average molecular weight is 259 g/mol. The first kappa shape index (κ1) is 13.0. The Morgan fingerprint density at radius 2 is 2.00 bits per heavy atom. The number of amides is 1. The monoisotopic (exact) mass is 258 g/mol. The molecule has 16 heavy (non-hydrogen) atoms. The molecule has 3 nitrogen and oxygen atoms in total. The maximum Gasteiger partial charge on any atom is 0.238 e. The quantitative estimate of drug-likeness (QED) is 0.630. The molecule has 0 heterocycles. The fourth-order valence-corrected chi connectivity index (χ4v) is 1.58. The first-order chi connectivity index (χ1) is 7.65. The summed E-state index contributed by atoms with van der Waals surface area (Å²) in [5.41, 5.74) is 0.441. The van der Waals surface area contributed by atoms with Crippen LogP contribution in [0.4, 0.5) is 5.69 Å². The molecule has 0 aliphatic heterocycles. The Hall–Kier alpha value is -1.03. The van der Waals surface area contributed by atoms with E-state index in [0.717, 1.165) is 0 Å². The number of carbonyl (C=O) groups is 1. The highest BCUT2D eigenvalue weighted by Gasteiger charge is 2.08. The summed E-state index contributed by atoms with van der Waals surface area (Å²) in [6, 6.07) is 5.05. The van der Waals surface area contributed by atoms with Crippen LogP contribution in [0.25, 0.3) is 0 Å². The predicted molar refractivity (Wildman–Crippen MR) is 68.2 cm³/mol. The number of rotatable bonds is 5. The zero-order valence-electron chi connectivity index (χ0n) is 8.59. The van der Waals surface area contributed by atoms with Crippen LogP contribution in [0.3, 0.4) is 0 Å². The summed E-state index contributed by atoms with van der Waals surface area (Å²) in [5.74, 6) is -0.197. The predicted octanol–water partition coefficient (Wildman–Crippen LogP) is 2.71. The Kier molecular flexibility index (Phi) is 5.32. The molecule has 0 saturated carbocycles. The van der Waals surface area contributed by atoms with E-state index in [-0.39, 0.29) is 12.5 Å². The van der Waals surface area contributed by atoms with E-state index in [9.17, 15) is 4.79 Å². The number of nitrogens with one attached hydrogen (secondary N) is 2. The third-order valence-corrected chi connectivity index (χ3v) is 2.43. The van der Waals surface area contributed by atoms with Crippen molar-refractivity contribution in [2.24, 2.45) is 0 Å². The number of hydrogen-bond acceptors (Lipinski definition) is 2. The second-order valence-corrected chi connectivity index (χ2v) is 3.88. The lowest BCUT2D eigenvalue weighted by atomic mass is 10.3. The van der Waals surface area contributed by atoms with E-state index in [1.807, 2.05) is 0 Å². The first-order valence-corrected chi connectivity index (χ1v) is 5.46. The number of benzene rings is 1. The SMILES string of the molecule is C=CCNCC(=O)Nc1c(Cl)cccc1Cl. The standard InChI is InChI=1S/C11H12Cl2N2O/c1-2-6-14-7-10(16)15-11-8(12)4-3-5-9(11)13/h2-5,14H,1,6-7H2,(H,15,16). The number of halogens is 2. The maximum absolute atomic E-state index is 11.5. The largest absolute Gasteiger partial charge is 0.322 e. The van der Waals surface area contributed by atoms with Gasteiger partial charge in [0, 0.05) is 6.54 Å². The van der Waals surface area contributed by atoms with E-state index in [1.54, 1.807) is 24.3 Å². The van der Waals surface area contributed by atoms with Crippen LogP contribution in [-0.2, 0) is 4.79 Å². The van der Waals surface area contributed by atoms with Crippen molar-refractivity contribution in [1.29, 1.82) is 0 Å². The molecule has 0 aromatic heterocycles. The number of anilines is 1. The van der Waals surface area contributed by atoms with E-state index in [4.69, 9.17) is 23.2 Å². The molecule has 0 aliphatic carbocycles. The van der Waals surface area contributed by atoms with Gasteiger partial charge in [0.15, 0.2) is 0 Å². The van der Waals surface area contributed by atoms with Gasteiger partial charge in [-0.3, -0.25) is 4.79 Å². The van der Waals surface area contributed by atoms with Gasteiger partial charge in [-0.1, -0.05) is 35.3 Å². The minimum atomic E-state index is -0.197. The zero-order chi connectivity index (χ0) is 12.0. The van der Waals surface area contributed by atoms with Crippen molar-refractivity contribution in [3.8, 4) is 0 Å². The van der Waals surface area contributed by atoms with Crippen LogP contribution in [0, 0.1) is 0 Å². The van der Waals surface area contributed by atoms with Gasteiger partial charge in [-0.2, -0.15) is 0 Å². The second-order valence-electron chi connectivity index (χ2n) is 3.06. The molecule has 2 N–H and O–H groups in total. The fourth-order valence-electron chi connectivity index (χ4n) is 1.09. The molecule has 1 rings (SSSR count). The number of carbonyl (C=O) groups excluding carboxylic acids is 1. The van der Waals surface area contributed by atoms with Gasteiger partial charge in [0.05, 0.1) is 22.3 Å². The lowest BCUT2D eigenvalue weighted by molar-refractivity contribution is -0.115. The molecule has 1 aromatic rings. The minimum absolute atomic E-state index is 0.188. The maximum atomic E-state index is 11.5. The Bertz CT molecular complexity index is 373. The van der Waals surface area contributed by atoms with Crippen molar-refractivity contribution in [2.75, 3.05) is 18.4 Å². The lowest BCUT2D eigenvalue weighted by Gasteiger charge is -2.09. The number of hydrogen-bond donors (Lipinski definition) is 2. The topological polar surface area (TPSA) is 41.1 Å². The minimum Gasteiger partial charge on any atom is -0.322 e. The highest BCUT2D eigenvalue weighted by atomic mass is 35.5. The molecule has 0 bridgehead atoms. The summed E-state index contributed by atoms with van der Waals surface area (Å²) < 4.78 is 0. The molecule has 5 heteroatoms. The molecule has 1 aromatic carbocycles. The van der Waals surface area contributed by atoms with Crippen LogP contribution in [-0.4, -0.2) is 19.0 Å². The Labute approximate surface area is 104 Å². The molecule has 0 radical (unpaired) electrons.